The van der Waals surface area contributed by atoms with E-state index in [0.29, 0.717) is 11.7 Å². The number of pyridine rings is 2. The third kappa shape index (κ3) is 2.01. The molecule has 0 unspecified atom stereocenters. The highest BCUT2D eigenvalue weighted by Gasteiger charge is 2.11. The second-order valence-corrected chi connectivity index (χ2v) is 5.31. The summed E-state index contributed by atoms with van der Waals surface area (Å²) in [6, 6.07) is 10.2. The molecule has 0 radical (unpaired) electrons. The van der Waals surface area contributed by atoms with Crippen LogP contribution in [0.4, 0.5) is 5.82 Å². The lowest BCUT2D eigenvalue weighted by atomic mass is 9.97. The number of aromatic nitrogens is 2. The maximum atomic E-state index is 6.05. The quantitative estimate of drug-likeness (QED) is 0.708. The zero-order chi connectivity index (χ0) is 13.4. The Morgan fingerprint density at radius 2 is 1.95 bits per heavy atom. The minimum atomic E-state index is 0.513. The number of hydrogen-bond acceptors (Lipinski definition) is 3. The van der Waals surface area contributed by atoms with Crippen LogP contribution in [0.3, 0.4) is 0 Å². The minimum Gasteiger partial charge on any atom is -0.382 e. The molecule has 19 heavy (non-hydrogen) atoms. The average Bonchev–Trinajstić information content (AvgIpc) is 2.38. The maximum Gasteiger partial charge on any atom is 0.150 e. The van der Waals surface area contributed by atoms with Crippen molar-refractivity contribution >= 4 is 27.6 Å². The Morgan fingerprint density at radius 1 is 1.16 bits per heavy atom. The van der Waals surface area contributed by atoms with Gasteiger partial charge in [-0.25, -0.2) is 4.98 Å². The molecule has 2 heterocycles. The molecule has 0 saturated carbocycles. The van der Waals surface area contributed by atoms with Gasteiger partial charge in [-0.1, -0.05) is 32.0 Å². The predicted molar refractivity (Wildman–Crippen MR) is 80.0 cm³/mol. The Bertz CT molecular complexity index is 747. The number of anilines is 1. The van der Waals surface area contributed by atoms with Crippen LogP contribution in [0.15, 0.2) is 36.5 Å². The molecule has 3 heteroatoms. The molecular weight excluding hydrogens is 234 g/mol. The van der Waals surface area contributed by atoms with Crippen molar-refractivity contribution in [2.45, 2.75) is 20.3 Å². The average molecular weight is 251 g/mol. The van der Waals surface area contributed by atoms with Gasteiger partial charge in [0.25, 0.3) is 0 Å². The molecule has 0 saturated heterocycles. The maximum absolute atomic E-state index is 6.05. The number of rotatable bonds is 2. The van der Waals surface area contributed by atoms with Crippen LogP contribution >= 0.6 is 0 Å². The van der Waals surface area contributed by atoms with Crippen molar-refractivity contribution in [2.75, 3.05) is 5.73 Å². The summed E-state index contributed by atoms with van der Waals surface area (Å²) < 4.78 is 0. The van der Waals surface area contributed by atoms with Crippen molar-refractivity contribution in [3.8, 4) is 0 Å². The van der Waals surface area contributed by atoms with E-state index in [1.54, 1.807) is 0 Å². The Kier molecular flexibility index (Phi) is 2.82. The number of benzene rings is 1. The van der Waals surface area contributed by atoms with Crippen LogP contribution in [0.1, 0.15) is 19.4 Å². The summed E-state index contributed by atoms with van der Waals surface area (Å²) in [6.45, 7) is 4.44. The van der Waals surface area contributed by atoms with Crippen LogP contribution in [-0.4, -0.2) is 9.97 Å². The minimum absolute atomic E-state index is 0.513. The number of fused-ring (bicyclic) bond motifs is 3. The van der Waals surface area contributed by atoms with Gasteiger partial charge in [-0.2, -0.15) is 0 Å². The van der Waals surface area contributed by atoms with Gasteiger partial charge in [0.2, 0.25) is 0 Å². The summed E-state index contributed by atoms with van der Waals surface area (Å²) in [5.41, 5.74) is 9.10. The fourth-order valence-corrected chi connectivity index (χ4v) is 2.57. The van der Waals surface area contributed by atoms with E-state index in [1.165, 1.54) is 5.56 Å². The first-order valence-corrected chi connectivity index (χ1v) is 6.58. The van der Waals surface area contributed by atoms with E-state index in [0.717, 1.165) is 28.2 Å². The summed E-state index contributed by atoms with van der Waals surface area (Å²) in [4.78, 5) is 8.85. The molecule has 3 nitrogen and oxygen atoms in total. The van der Waals surface area contributed by atoms with Gasteiger partial charge in [-0.05, 0) is 30.0 Å². The smallest absolute Gasteiger partial charge is 0.150 e. The molecule has 2 aromatic heterocycles. The van der Waals surface area contributed by atoms with Crippen LogP contribution in [0, 0.1) is 5.92 Å². The molecule has 0 amide bonds. The summed E-state index contributed by atoms with van der Waals surface area (Å²) in [6.07, 6.45) is 2.85. The van der Waals surface area contributed by atoms with E-state index in [1.807, 2.05) is 24.4 Å². The van der Waals surface area contributed by atoms with Crippen LogP contribution < -0.4 is 5.73 Å². The molecule has 0 fully saturated rings. The van der Waals surface area contributed by atoms with Crippen LogP contribution in [0.2, 0.25) is 0 Å². The van der Waals surface area contributed by atoms with Crippen molar-refractivity contribution in [2.24, 2.45) is 5.92 Å². The van der Waals surface area contributed by atoms with Crippen molar-refractivity contribution in [1.29, 1.82) is 0 Å². The van der Waals surface area contributed by atoms with Crippen LogP contribution in [0.5, 0.6) is 0 Å². The predicted octanol–water partition coefficient (Wildman–Crippen LogP) is 3.56. The van der Waals surface area contributed by atoms with E-state index in [-0.39, 0.29) is 0 Å². The van der Waals surface area contributed by atoms with Gasteiger partial charge in [-0.15, -0.1) is 0 Å². The normalized spacial score (nSPS) is 11.5. The lowest BCUT2D eigenvalue weighted by Crippen LogP contribution is -2.00. The van der Waals surface area contributed by atoms with E-state index < -0.39 is 0 Å². The fourth-order valence-electron chi connectivity index (χ4n) is 2.57. The molecule has 0 aliphatic rings. The van der Waals surface area contributed by atoms with Crippen molar-refractivity contribution in [3.63, 3.8) is 0 Å². The number of nitrogen functional groups attached to an aromatic ring is 1. The first kappa shape index (κ1) is 11.9. The van der Waals surface area contributed by atoms with E-state index in [9.17, 15) is 0 Å². The summed E-state index contributed by atoms with van der Waals surface area (Å²) in [7, 11) is 0. The van der Waals surface area contributed by atoms with E-state index in [4.69, 9.17) is 5.73 Å². The highest BCUT2D eigenvalue weighted by molar-refractivity contribution is 6.09. The summed E-state index contributed by atoms with van der Waals surface area (Å²) >= 11 is 0. The van der Waals surface area contributed by atoms with Gasteiger partial charge < -0.3 is 5.73 Å². The lowest BCUT2D eigenvalue weighted by Gasteiger charge is -2.12. The third-order valence-electron chi connectivity index (χ3n) is 3.32. The molecule has 0 aliphatic heterocycles. The highest BCUT2D eigenvalue weighted by Crippen LogP contribution is 2.30. The second kappa shape index (κ2) is 4.50. The zero-order valence-electron chi connectivity index (χ0n) is 11.2. The molecule has 0 bridgehead atoms. The standard InChI is InChI=1S/C16H17N3/c1-10(2)9-11-7-8-18-15-14(11)12-5-3-4-6-13(12)19-16(15)17/h3-8,10H,9H2,1-2H3,(H2,17,19). The molecule has 1 aromatic carbocycles. The molecule has 0 aliphatic carbocycles. The van der Waals surface area contributed by atoms with Crippen LogP contribution in [0.25, 0.3) is 21.8 Å². The Labute approximate surface area is 112 Å². The zero-order valence-corrected chi connectivity index (χ0v) is 11.2. The second-order valence-electron chi connectivity index (χ2n) is 5.31. The summed E-state index contributed by atoms with van der Waals surface area (Å²) in [5.74, 6) is 1.11. The van der Waals surface area contributed by atoms with Crippen molar-refractivity contribution < 1.29 is 0 Å². The lowest BCUT2D eigenvalue weighted by molar-refractivity contribution is 0.650. The number of hydrogen-bond donors (Lipinski definition) is 1. The Balaban J connectivity index is 2.45. The van der Waals surface area contributed by atoms with Gasteiger partial charge in [0.1, 0.15) is 5.52 Å². The Hall–Kier alpha value is -2.16. The molecule has 3 aromatic rings. The van der Waals surface area contributed by atoms with Gasteiger partial charge in [0.05, 0.1) is 5.52 Å². The number of nitrogens with zero attached hydrogens (tertiary/aromatic N) is 2. The first-order chi connectivity index (χ1) is 9.16. The molecule has 96 valence electrons. The largest absolute Gasteiger partial charge is 0.382 e. The molecular formula is C16H17N3. The van der Waals surface area contributed by atoms with Gasteiger partial charge in [0, 0.05) is 17.0 Å². The SMILES string of the molecule is CC(C)Cc1ccnc2c(N)nc3ccccc3c12. The molecule has 0 spiro atoms. The van der Waals surface area contributed by atoms with Gasteiger partial charge in [0.15, 0.2) is 5.82 Å². The van der Waals surface area contributed by atoms with Gasteiger partial charge in [-0.3, -0.25) is 4.98 Å². The number of nitrogens with two attached hydrogens (primary N) is 1. The first-order valence-electron chi connectivity index (χ1n) is 6.58. The Morgan fingerprint density at radius 3 is 2.74 bits per heavy atom. The molecule has 3 rings (SSSR count). The van der Waals surface area contributed by atoms with Crippen LogP contribution in [-0.2, 0) is 6.42 Å². The topological polar surface area (TPSA) is 51.8 Å². The fraction of sp³-hybridized carbons (Fsp3) is 0.250. The van der Waals surface area contributed by atoms with Gasteiger partial charge >= 0.3 is 0 Å². The highest BCUT2D eigenvalue weighted by atomic mass is 14.9. The van der Waals surface area contributed by atoms with E-state index in [2.05, 4.69) is 35.9 Å². The van der Waals surface area contributed by atoms with Crippen molar-refractivity contribution in [1.82, 2.24) is 9.97 Å². The monoisotopic (exact) mass is 251 g/mol. The summed E-state index contributed by atoms with van der Waals surface area (Å²) in [5, 5.41) is 2.29. The third-order valence-corrected chi connectivity index (χ3v) is 3.32. The molecule has 2 N–H and O–H groups in total. The number of para-hydroxylation sites is 1. The van der Waals surface area contributed by atoms with Crippen molar-refractivity contribution in [3.05, 3.63) is 42.1 Å². The van der Waals surface area contributed by atoms with E-state index >= 15 is 0 Å². The molecule has 0 atom stereocenters.